The molecule has 5 nitrogen and oxygen atoms in total. The van der Waals surface area contributed by atoms with E-state index in [2.05, 4.69) is 15.2 Å². The van der Waals surface area contributed by atoms with Crippen LogP contribution in [0.3, 0.4) is 0 Å². The Labute approximate surface area is 116 Å². The van der Waals surface area contributed by atoms with Crippen molar-refractivity contribution in [2.75, 3.05) is 26.9 Å². The fourth-order valence-corrected chi connectivity index (χ4v) is 1.75. The minimum absolute atomic E-state index is 0.204. The summed E-state index contributed by atoms with van der Waals surface area (Å²) >= 11 is 0. The standard InChI is InChI=1S/C12H20F3N3O2/c1-9-11(6-16-4-5-19-3)10(2)18(17-9)8-20-7-12(13,14)15/h16H,4-8H2,1-3H3. The van der Waals surface area contributed by atoms with Crippen LogP contribution in [-0.2, 0) is 22.7 Å². The van der Waals surface area contributed by atoms with Gasteiger partial charge in [0, 0.05) is 31.5 Å². The average molecular weight is 295 g/mol. The molecule has 8 heteroatoms. The Bertz CT molecular complexity index is 419. The second kappa shape index (κ2) is 7.61. The van der Waals surface area contributed by atoms with Gasteiger partial charge in [-0.2, -0.15) is 18.3 Å². The Balaban J connectivity index is 2.53. The first-order valence-electron chi connectivity index (χ1n) is 6.22. The van der Waals surface area contributed by atoms with Crippen molar-refractivity contribution in [3.8, 4) is 0 Å². The van der Waals surface area contributed by atoms with Crippen molar-refractivity contribution < 1.29 is 22.6 Å². The summed E-state index contributed by atoms with van der Waals surface area (Å²) in [6.07, 6.45) is -4.32. The predicted molar refractivity (Wildman–Crippen MR) is 67.3 cm³/mol. The highest BCUT2D eigenvalue weighted by Gasteiger charge is 2.27. The second-order valence-electron chi connectivity index (χ2n) is 4.41. The van der Waals surface area contributed by atoms with E-state index in [1.165, 1.54) is 4.68 Å². The van der Waals surface area contributed by atoms with E-state index >= 15 is 0 Å². The summed E-state index contributed by atoms with van der Waals surface area (Å²) in [6.45, 7) is 4.05. The highest BCUT2D eigenvalue weighted by Crippen LogP contribution is 2.16. The molecule has 0 amide bonds. The molecule has 0 spiro atoms. The molecule has 0 aliphatic rings. The molecule has 1 aromatic rings. The van der Waals surface area contributed by atoms with Crippen LogP contribution < -0.4 is 5.32 Å². The van der Waals surface area contributed by atoms with Crippen molar-refractivity contribution in [2.45, 2.75) is 33.3 Å². The first-order valence-corrected chi connectivity index (χ1v) is 6.22. The Kier molecular flexibility index (Phi) is 6.44. The molecule has 0 unspecified atom stereocenters. The number of aryl methyl sites for hydroxylation is 1. The number of hydrogen-bond acceptors (Lipinski definition) is 4. The van der Waals surface area contributed by atoms with Gasteiger partial charge in [-0.25, -0.2) is 4.68 Å². The molecule has 20 heavy (non-hydrogen) atoms. The molecule has 0 atom stereocenters. The SMILES string of the molecule is COCCNCc1c(C)nn(COCC(F)(F)F)c1C. The van der Waals surface area contributed by atoms with E-state index in [0.29, 0.717) is 19.7 Å². The van der Waals surface area contributed by atoms with Crippen molar-refractivity contribution in [1.29, 1.82) is 0 Å². The van der Waals surface area contributed by atoms with E-state index in [1.54, 1.807) is 7.11 Å². The lowest BCUT2D eigenvalue weighted by Gasteiger charge is -2.09. The smallest absolute Gasteiger partial charge is 0.383 e. The fourth-order valence-electron chi connectivity index (χ4n) is 1.75. The number of methoxy groups -OCH3 is 1. The third-order valence-electron chi connectivity index (χ3n) is 2.80. The monoisotopic (exact) mass is 295 g/mol. The highest BCUT2D eigenvalue weighted by atomic mass is 19.4. The van der Waals surface area contributed by atoms with Gasteiger partial charge in [0.2, 0.25) is 0 Å². The first kappa shape index (κ1) is 16.9. The van der Waals surface area contributed by atoms with Gasteiger partial charge in [-0.15, -0.1) is 0 Å². The summed E-state index contributed by atoms with van der Waals surface area (Å²) in [5, 5.41) is 7.36. The molecule has 0 aromatic carbocycles. The molecule has 0 aliphatic carbocycles. The van der Waals surface area contributed by atoms with Crippen molar-refractivity contribution in [2.24, 2.45) is 0 Å². The lowest BCUT2D eigenvalue weighted by atomic mass is 10.2. The largest absolute Gasteiger partial charge is 0.411 e. The zero-order valence-corrected chi connectivity index (χ0v) is 11.9. The van der Waals surface area contributed by atoms with Crippen LogP contribution in [0.1, 0.15) is 17.0 Å². The number of aromatic nitrogens is 2. The minimum atomic E-state index is -4.32. The average Bonchev–Trinajstić information content (AvgIpc) is 2.60. The van der Waals surface area contributed by atoms with Gasteiger partial charge in [-0.3, -0.25) is 0 Å². The zero-order valence-electron chi connectivity index (χ0n) is 11.9. The molecule has 0 saturated carbocycles. The highest BCUT2D eigenvalue weighted by molar-refractivity contribution is 5.24. The van der Waals surface area contributed by atoms with Gasteiger partial charge in [0.05, 0.1) is 12.3 Å². The normalized spacial score (nSPS) is 12.1. The third-order valence-corrected chi connectivity index (χ3v) is 2.80. The zero-order chi connectivity index (χ0) is 15.2. The van der Waals surface area contributed by atoms with E-state index in [9.17, 15) is 13.2 Å². The van der Waals surface area contributed by atoms with Crippen molar-refractivity contribution >= 4 is 0 Å². The summed E-state index contributed by atoms with van der Waals surface area (Å²) in [5.74, 6) is 0. The van der Waals surface area contributed by atoms with Gasteiger partial charge in [0.15, 0.2) is 0 Å². The number of hydrogen-bond donors (Lipinski definition) is 1. The van der Waals surface area contributed by atoms with E-state index in [1.807, 2.05) is 13.8 Å². The molecule has 0 fully saturated rings. The van der Waals surface area contributed by atoms with Crippen LogP contribution in [0.5, 0.6) is 0 Å². The van der Waals surface area contributed by atoms with Gasteiger partial charge >= 0.3 is 6.18 Å². The van der Waals surface area contributed by atoms with Gasteiger partial charge in [-0.05, 0) is 13.8 Å². The molecule has 1 N–H and O–H groups in total. The van der Waals surface area contributed by atoms with Gasteiger partial charge in [0.1, 0.15) is 13.3 Å². The number of rotatable bonds is 8. The summed E-state index contributed by atoms with van der Waals surface area (Å²) in [4.78, 5) is 0. The molecular weight excluding hydrogens is 275 g/mol. The number of nitrogens with one attached hydrogen (secondary N) is 1. The molecule has 116 valence electrons. The van der Waals surface area contributed by atoms with E-state index < -0.39 is 12.8 Å². The van der Waals surface area contributed by atoms with E-state index in [4.69, 9.17) is 4.74 Å². The summed E-state index contributed by atoms with van der Waals surface area (Å²) in [5.41, 5.74) is 2.55. The summed E-state index contributed by atoms with van der Waals surface area (Å²) in [7, 11) is 1.62. The topological polar surface area (TPSA) is 48.3 Å². The Morgan fingerprint density at radius 1 is 1.30 bits per heavy atom. The number of ether oxygens (including phenoxy) is 2. The predicted octanol–water partition coefficient (Wildman–Crippen LogP) is 1.77. The third kappa shape index (κ3) is 5.48. The van der Waals surface area contributed by atoms with Crippen LogP contribution in [0.2, 0.25) is 0 Å². The van der Waals surface area contributed by atoms with E-state index in [-0.39, 0.29) is 6.73 Å². The molecule has 1 heterocycles. The summed E-state index contributed by atoms with van der Waals surface area (Å²) in [6, 6.07) is 0. The Morgan fingerprint density at radius 2 is 2.00 bits per heavy atom. The van der Waals surface area contributed by atoms with Gasteiger partial charge in [-0.1, -0.05) is 0 Å². The van der Waals surface area contributed by atoms with Gasteiger partial charge < -0.3 is 14.8 Å². The Hall–Kier alpha value is -1.12. The molecule has 0 radical (unpaired) electrons. The van der Waals surface area contributed by atoms with Crippen LogP contribution in [-0.4, -0.2) is 42.8 Å². The number of alkyl halides is 3. The molecule has 0 bridgehead atoms. The molecule has 1 rings (SSSR count). The Morgan fingerprint density at radius 3 is 2.60 bits per heavy atom. The maximum Gasteiger partial charge on any atom is 0.411 e. The quantitative estimate of drug-likeness (QED) is 0.743. The van der Waals surface area contributed by atoms with Crippen molar-refractivity contribution in [1.82, 2.24) is 15.1 Å². The maximum absolute atomic E-state index is 12.0. The first-order chi connectivity index (χ1) is 9.35. The maximum atomic E-state index is 12.0. The summed E-state index contributed by atoms with van der Waals surface area (Å²) < 4.78 is 47.0. The van der Waals surface area contributed by atoms with Crippen molar-refractivity contribution in [3.63, 3.8) is 0 Å². The van der Waals surface area contributed by atoms with Crippen LogP contribution in [0.15, 0.2) is 0 Å². The van der Waals surface area contributed by atoms with Crippen LogP contribution >= 0.6 is 0 Å². The lowest BCUT2D eigenvalue weighted by Crippen LogP contribution is -2.20. The van der Waals surface area contributed by atoms with Crippen molar-refractivity contribution in [3.05, 3.63) is 17.0 Å². The number of nitrogens with zero attached hydrogens (tertiary/aromatic N) is 2. The molecule has 0 saturated heterocycles. The van der Waals surface area contributed by atoms with Gasteiger partial charge in [0.25, 0.3) is 0 Å². The fraction of sp³-hybridized carbons (Fsp3) is 0.750. The molecule has 1 aromatic heterocycles. The lowest BCUT2D eigenvalue weighted by molar-refractivity contribution is -0.182. The van der Waals surface area contributed by atoms with Crippen LogP contribution in [0.25, 0.3) is 0 Å². The molecule has 0 aliphatic heterocycles. The van der Waals surface area contributed by atoms with Crippen LogP contribution in [0.4, 0.5) is 13.2 Å². The minimum Gasteiger partial charge on any atom is -0.383 e. The number of halogens is 3. The van der Waals surface area contributed by atoms with E-state index in [0.717, 1.165) is 17.0 Å². The molecular formula is C12H20F3N3O2. The van der Waals surface area contributed by atoms with Crippen LogP contribution in [0, 0.1) is 13.8 Å². The second-order valence-corrected chi connectivity index (χ2v) is 4.41.